The first kappa shape index (κ1) is 17.4. The Morgan fingerprint density at radius 2 is 1.86 bits per heavy atom. The van der Waals surface area contributed by atoms with Crippen LogP contribution in [0.25, 0.3) is 11.0 Å². The summed E-state index contributed by atoms with van der Waals surface area (Å²) in [5, 5.41) is 3.43. The van der Waals surface area contributed by atoms with E-state index in [4.69, 9.17) is 4.98 Å². The zero-order valence-corrected chi connectivity index (χ0v) is 16.2. The standard InChI is InChI=1S/C23H26N4O/c1-15-5-4-8-19-21(15)26-22(25-19)16-9-11-27(12-10-16)23(28)20-13-17-6-2-3-7-18(17)14-24-20/h2-8,16,20,24H,9-14H2,1H3,(H,25,26)/t20-/m1/s1. The van der Waals surface area contributed by atoms with Gasteiger partial charge >= 0.3 is 0 Å². The second-order valence-electron chi connectivity index (χ2n) is 8.10. The summed E-state index contributed by atoms with van der Waals surface area (Å²) in [5.41, 5.74) is 5.99. The number of hydrogen-bond acceptors (Lipinski definition) is 3. The smallest absolute Gasteiger partial charge is 0.240 e. The van der Waals surface area contributed by atoms with Gasteiger partial charge in [-0.2, -0.15) is 0 Å². The van der Waals surface area contributed by atoms with Crippen molar-refractivity contribution >= 4 is 16.9 Å². The molecule has 28 heavy (non-hydrogen) atoms. The third-order valence-corrected chi connectivity index (χ3v) is 6.31. The van der Waals surface area contributed by atoms with Crippen LogP contribution in [-0.4, -0.2) is 39.9 Å². The van der Waals surface area contributed by atoms with E-state index in [1.807, 2.05) is 4.90 Å². The van der Waals surface area contributed by atoms with E-state index >= 15 is 0 Å². The molecule has 0 unspecified atom stereocenters. The number of aromatic nitrogens is 2. The van der Waals surface area contributed by atoms with Crippen molar-refractivity contribution in [2.45, 2.75) is 44.7 Å². The number of fused-ring (bicyclic) bond motifs is 2. The van der Waals surface area contributed by atoms with Crippen molar-refractivity contribution in [2.24, 2.45) is 0 Å². The van der Waals surface area contributed by atoms with Crippen LogP contribution in [0.3, 0.4) is 0 Å². The summed E-state index contributed by atoms with van der Waals surface area (Å²) < 4.78 is 0. The van der Waals surface area contributed by atoms with Crippen LogP contribution >= 0.6 is 0 Å². The number of nitrogens with zero attached hydrogens (tertiary/aromatic N) is 2. The molecule has 3 aromatic rings. The maximum atomic E-state index is 13.0. The molecule has 2 aliphatic heterocycles. The number of nitrogens with one attached hydrogen (secondary N) is 2. The second-order valence-corrected chi connectivity index (χ2v) is 8.10. The molecule has 2 aromatic carbocycles. The number of likely N-dealkylation sites (tertiary alicyclic amines) is 1. The second kappa shape index (κ2) is 7.06. The van der Waals surface area contributed by atoms with Gasteiger partial charge in [-0.25, -0.2) is 4.98 Å². The third kappa shape index (κ3) is 3.10. The molecule has 1 aromatic heterocycles. The van der Waals surface area contributed by atoms with E-state index in [-0.39, 0.29) is 11.9 Å². The molecule has 1 atom stereocenters. The lowest BCUT2D eigenvalue weighted by Gasteiger charge is -2.35. The molecule has 0 radical (unpaired) electrons. The molecule has 2 aliphatic rings. The largest absolute Gasteiger partial charge is 0.342 e. The van der Waals surface area contributed by atoms with Crippen molar-refractivity contribution in [3.05, 3.63) is 65.0 Å². The van der Waals surface area contributed by atoms with E-state index in [9.17, 15) is 4.79 Å². The Morgan fingerprint density at radius 1 is 1.07 bits per heavy atom. The van der Waals surface area contributed by atoms with Gasteiger partial charge in [0.05, 0.1) is 17.1 Å². The summed E-state index contributed by atoms with van der Waals surface area (Å²) in [6, 6.07) is 14.6. The van der Waals surface area contributed by atoms with Crippen molar-refractivity contribution < 1.29 is 4.79 Å². The zero-order valence-electron chi connectivity index (χ0n) is 16.2. The van der Waals surface area contributed by atoms with E-state index in [1.165, 1.54) is 16.7 Å². The fraction of sp³-hybridized carbons (Fsp3) is 0.391. The highest BCUT2D eigenvalue weighted by atomic mass is 16.2. The Hall–Kier alpha value is -2.66. The van der Waals surface area contributed by atoms with Gasteiger partial charge in [0.25, 0.3) is 0 Å². The average Bonchev–Trinajstić information content (AvgIpc) is 3.19. The number of aromatic amines is 1. The highest BCUT2D eigenvalue weighted by Crippen LogP contribution is 2.29. The average molecular weight is 374 g/mol. The number of aryl methyl sites for hydroxylation is 1. The summed E-state index contributed by atoms with van der Waals surface area (Å²) in [7, 11) is 0. The quantitative estimate of drug-likeness (QED) is 0.724. The number of benzene rings is 2. The van der Waals surface area contributed by atoms with Crippen LogP contribution < -0.4 is 5.32 Å². The van der Waals surface area contributed by atoms with Gasteiger partial charge in [-0.15, -0.1) is 0 Å². The molecule has 2 N–H and O–H groups in total. The Bertz CT molecular complexity index is 1020. The molecule has 1 amide bonds. The van der Waals surface area contributed by atoms with Crippen molar-refractivity contribution in [1.29, 1.82) is 0 Å². The lowest BCUT2D eigenvalue weighted by atomic mass is 9.93. The Labute approximate surface area is 165 Å². The highest BCUT2D eigenvalue weighted by Gasteiger charge is 2.31. The third-order valence-electron chi connectivity index (χ3n) is 6.31. The number of imidazole rings is 1. The minimum absolute atomic E-state index is 0.0969. The fourth-order valence-electron chi connectivity index (χ4n) is 4.61. The van der Waals surface area contributed by atoms with Gasteiger partial charge in [0.2, 0.25) is 5.91 Å². The van der Waals surface area contributed by atoms with Crippen LogP contribution in [0.15, 0.2) is 42.5 Å². The predicted octanol–water partition coefficient (Wildman–Crippen LogP) is 3.29. The van der Waals surface area contributed by atoms with Gasteiger partial charge in [0.15, 0.2) is 0 Å². The van der Waals surface area contributed by atoms with Crippen molar-refractivity contribution in [3.8, 4) is 0 Å². The van der Waals surface area contributed by atoms with E-state index in [0.717, 1.165) is 55.8 Å². The molecule has 0 spiro atoms. The summed E-state index contributed by atoms with van der Waals surface area (Å²) in [4.78, 5) is 23.4. The SMILES string of the molecule is Cc1cccc2[nH]c(C3CCN(C(=O)[C@H]4Cc5ccccc5CN4)CC3)nc12. The molecule has 0 saturated carbocycles. The fourth-order valence-corrected chi connectivity index (χ4v) is 4.61. The van der Waals surface area contributed by atoms with Crippen LogP contribution in [0.2, 0.25) is 0 Å². The zero-order chi connectivity index (χ0) is 19.1. The van der Waals surface area contributed by atoms with Crippen LogP contribution in [0, 0.1) is 6.92 Å². The molecular formula is C23H26N4O. The van der Waals surface area contributed by atoms with Crippen molar-refractivity contribution in [2.75, 3.05) is 13.1 Å². The summed E-state index contributed by atoms with van der Waals surface area (Å²) in [6.07, 6.45) is 2.72. The highest BCUT2D eigenvalue weighted by molar-refractivity contribution is 5.83. The van der Waals surface area contributed by atoms with Crippen LogP contribution in [-0.2, 0) is 17.8 Å². The van der Waals surface area contributed by atoms with Crippen molar-refractivity contribution in [1.82, 2.24) is 20.2 Å². The maximum absolute atomic E-state index is 13.0. The number of piperidine rings is 1. The minimum atomic E-state index is -0.0969. The molecule has 5 heteroatoms. The Balaban J connectivity index is 1.24. The van der Waals surface area contributed by atoms with E-state index in [0.29, 0.717) is 5.92 Å². The predicted molar refractivity (Wildman–Crippen MR) is 110 cm³/mol. The number of carbonyl (C=O) groups excluding carboxylic acids is 1. The van der Waals surface area contributed by atoms with E-state index < -0.39 is 0 Å². The van der Waals surface area contributed by atoms with Gasteiger partial charge in [0.1, 0.15) is 5.82 Å². The number of carbonyl (C=O) groups is 1. The van der Waals surface area contributed by atoms with Crippen LogP contribution in [0.4, 0.5) is 0 Å². The molecule has 0 aliphatic carbocycles. The van der Waals surface area contributed by atoms with Gasteiger partial charge < -0.3 is 15.2 Å². The number of rotatable bonds is 2. The van der Waals surface area contributed by atoms with Gasteiger partial charge in [-0.1, -0.05) is 36.4 Å². The molecule has 1 saturated heterocycles. The van der Waals surface area contributed by atoms with Crippen LogP contribution in [0.5, 0.6) is 0 Å². The summed E-state index contributed by atoms with van der Waals surface area (Å²) in [6.45, 7) is 4.49. The molecule has 144 valence electrons. The Morgan fingerprint density at radius 3 is 2.64 bits per heavy atom. The molecule has 1 fully saturated rings. The number of H-pyrrole nitrogens is 1. The molecular weight excluding hydrogens is 348 g/mol. The number of amides is 1. The molecule has 0 bridgehead atoms. The lowest BCUT2D eigenvalue weighted by Crippen LogP contribution is -2.51. The first-order valence-corrected chi connectivity index (χ1v) is 10.2. The minimum Gasteiger partial charge on any atom is -0.342 e. The number of hydrogen-bond donors (Lipinski definition) is 2. The Kier molecular flexibility index (Phi) is 4.40. The molecule has 5 nitrogen and oxygen atoms in total. The summed E-state index contributed by atoms with van der Waals surface area (Å²) >= 11 is 0. The van der Waals surface area contributed by atoms with Gasteiger partial charge in [-0.3, -0.25) is 4.79 Å². The first-order valence-electron chi connectivity index (χ1n) is 10.2. The van der Waals surface area contributed by atoms with Crippen LogP contribution in [0.1, 0.15) is 41.3 Å². The lowest BCUT2D eigenvalue weighted by molar-refractivity contribution is -0.134. The number of para-hydroxylation sites is 1. The molecule has 3 heterocycles. The normalized spacial score (nSPS) is 20.3. The van der Waals surface area contributed by atoms with E-state index in [1.54, 1.807) is 0 Å². The maximum Gasteiger partial charge on any atom is 0.240 e. The van der Waals surface area contributed by atoms with Crippen molar-refractivity contribution in [3.63, 3.8) is 0 Å². The van der Waals surface area contributed by atoms with Gasteiger partial charge in [-0.05, 0) is 48.9 Å². The monoisotopic (exact) mass is 374 g/mol. The summed E-state index contributed by atoms with van der Waals surface area (Å²) in [5.74, 6) is 1.71. The first-order chi connectivity index (χ1) is 13.7. The van der Waals surface area contributed by atoms with E-state index in [2.05, 4.69) is 59.7 Å². The molecule has 5 rings (SSSR count). The van der Waals surface area contributed by atoms with Gasteiger partial charge in [0, 0.05) is 25.6 Å². The topological polar surface area (TPSA) is 61.0 Å².